The summed E-state index contributed by atoms with van der Waals surface area (Å²) < 4.78 is 5.74. The van der Waals surface area contributed by atoms with Crippen molar-refractivity contribution in [2.45, 2.75) is 38.2 Å². The van der Waals surface area contributed by atoms with Gasteiger partial charge in [0.2, 0.25) is 0 Å². The molecular weight excluding hydrogens is 354 g/mol. The molecule has 0 radical (unpaired) electrons. The summed E-state index contributed by atoms with van der Waals surface area (Å²) in [6.07, 6.45) is 8.24. The fourth-order valence-corrected chi connectivity index (χ4v) is 3.57. The van der Waals surface area contributed by atoms with Gasteiger partial charge >= 0.3 is 0 Å². The van der Waals surface area contributed by atoms with Crippen LogP contribution in [-0.2, 0) is 19.9 Å². The second-order valence-corrected chi connectivity index (χ2v) is 7.10. The molecule has 6 heteroatoms. The van der Waals surface area contributed by atoms with Gasteiger partial charge in [-0.2, -0.15) is 0 Å². The highest BCUT2D eigenvalue weighted by Gasteiger charge is 2.50. The van der Waals surface area contributed by atoms with Crippen molar-refractivity contribution in [2.75, 3.05) is 18.1 Å². The Morgan fingerprint density at radius 3 is 2.92 bits per heavy atom. The number of fused-ring (bicyclic) bond motifs is 1. The first kappa shape index (κ1) is 18.7. The minimum absolute atomic E-state index is 0.255. The van der Waals surface area contributed by atoms with Crippen LogP contribution in [0.1, 0.15) is 38.2 Å². The van der Waals surface area contributed by atoms with E-state index in [-0.39, 0.29) is 12.2 Å². The second-order valence-electron chi connectivity index (χ2n) is 6.66. The van der Waals surface area contributed by atoms with E-state index in [0.29, 0.717) is 35.8 Å². The maximum absolute atomic E-state index is 12.8. The number of Topliss-reactive ketones (excluding diaryl/α,β-unsaturated/α-hetero) is 1. The first-order valence-electron chi connectivity index (χ1n) is 8.74. The molecule has 138 valence electrons. The quantitative estimate of drug-likeness (QED) is 0.741. The van der Waals surface area contributed by atoms with Gasteiger partial charge in [0.05, 0.1) is 18.1 Å². The molecule has 0 fully saturated rings. The molecule has 26 heavy (non-hydrogen) atoms. The van der Waals surface area contributed by atoms with E-state index in [4.69, 9.17) is 16.3 Å². The highest BCUT2D eigenvalue weighted by Crippen LogP contribution is 2.43. The normalized spacial score (nSPS) is 21.6. The van der Waals surface area contributed by atoms with Crippen LogP contribution >= 0.6 is 11.6 Å². The van der Waals surface area contributed by atoms with Crippen molar-refractivity contribution in [1.29, 1.82) is 0 Å². The number of halogens is 1. The number of nitrogens with zero attached hydrogens (tertiary/aromatic N) is 1. The number of carbonyl (C=O) groups excluding carboxylic acids is 2. The third-order valence-electron chi connectivity index (χ3n) is 4.59. The molecule has 1 amide bonds. The summed E-state index contributed by atoms with van der Waals surface area (Å²) in [5, 5.41) is 11.3. The molecule has 3 rings (SSSR count). The van der Waals surface area contributed by atoms with Crippen LogP contribution in [0.4, 0.5) is 5.69 Å². The monoisotopic (exact) mass is 375 g/mol. The molecule has 1 atom stereocenters. The van der Waals surface area contributed by atoms with E-state index in [2.05, 4.69) is 6.08 Å². The Labute approximate surface area is 157 Å². The van der Waals surface area contributed by atoms with E-state index >= 15 is 0 Å². The molecule has 1 aromatic rings. The van der Waals surface area contributed by atoms with E-state index in [0.717, 1.165) is 18.6 Å². The lowest BCUT2D eigenvalue weighted by molar-refractivity contribution is -0.141. The number of hydrogen-bond donors (Lipinski definition) is 1. The van der Waals surface area contributed by atoms with Gasteiger partial charge < -0.3 is 14.7 Å². The SMILES string of the molecule is CC(=O)C[C@]1(O)C(=O)N(CCCOC2=CC=CCC2)c2ccc(Cl)cc21. The van der Waals surface area contributed by atoms with Crippen molar-refractivity contribution in [3.63, 3.8) is 0 Å². The number of aliphatic hydroxyl groups is 1. The third-order valence-corrected chi connectivity index (χ3v) is 4.82. The molecule has 1 heterocycles. The zero-order valence-corrected chi connectivity index (χ0v) is 15.5. The lowest BCUT2D eigenvalue weighted by atomic mass is 9.90. The summed E-state index contributed by atoms with van der Waals surface area (Å²) in [4.78, 5) is 26.0. The summed E-state index contributed by atoms with van der Waals surface area (Å²) in [5.41, 5.74) is -0.849. The molecule has 1 aliphatic heterocycles. The smallest absolute Gasteiger partial charge is 0.264 e. The average molecular weight is 376 g/mol. The van der Waals surface area contributed by atoms with E-state index in [1.165, 1.54) is 11.8 Å². The molecule has 0 saturated heterocycles. The van der Waals surface area contributed by atoms with Crippen LogP contribution in [0.25, 0.3) is 0 Å². The van der Waals surface area contributed by atoms with Gasteiger partial charge in [0, 0.05) is 30.0 Å². The Morgan fingerprint density at radius 1 is 1.42 bits per heavy atom. The Kier molecular flexibility index (Phi) is 5.49. The molecule has 1 aromatic carbocycles. The summed E-state index contributed by atoms with van der Waals surface area (Å²) in [6.45, 7) is 2.24. The largest absolute Gasteiger partial charge is 0.498 e. The van der Waals surface area contributed by atoms with E-state index in [9.17, 15) is 14.7 Å². The fraction of sp³-hybridized carbons (Fsp3) is 0.400. The van der Waals surface area contributed by atoms with Gasteiger partial charge in [-0.1, -0.05) is 23.8 Å². The summed E-state index contributed by atoms with van der Waals surface area (Å²) >= 11 is 6.04. The lowest BCUT2D eigenvalue weighted by Crippen LogP contribution is -2.42. The Balaban J connectivity index is 1.71. The Hall–Kier alpha value is -2.11. The van der Waals surface area contributed by atoms with Gasteiger partial charge in [-0.25, -0.2) is 0 Å². The molecule has 0 unspecified atom stereocenters. The van der Waals surface area contributed by atoms with Gasteiger partial charge in [0.25, 0.3) is 5.91 Å². The lowest BCUT2D eigenvalue weighted by Gasteiger charge is -2.22. The number of allylic oxidation sites excluding steroid dienone is 4. The van der Waals surface area contributed by atoms with Gasteiger partial charge in [-0.15, -0.1) is 0 Å². The highest BCUT2D eigenvalue weighted by atomic mass is 35.5. The van der Waals surface area contributed by atoms with Crippen LogP contribution in [-0.4, -0.2) is 29.9 Å². The molecular formula is C20H22ClNO4. The number of carbonyl (C=O) groups is 2. The fourth-order valence-electron chi connectivity index (χ4n) is 3.40. The molecule has 2 aliphatic rings. The summed E-state index contributed by atoms with van der Waals surface area (Å²) in [7, 11) is 0. The van der Waals surface area contributed by atoms with Gasteiger partial charge in [-0.3, -0.25) is 9.59 Å². The van der Waals surface area contributed by atoms with Crippen molar-refractivity contribution >= 4 is 29.0 Å². The van der Waals surface area contributed by atoms with E-state index in [1.54, 1.807) is 18.2 Å². The molecule has 1 N–H and O–H groups in total. The van der Waals surface area contributed by atoms with Crippen molar-refractivity contribution in [3.05, 3.63) is 52.8 Å². The maximum Gasteiger partial charge on any atom is 0.264 e. The predicted molar refractivity (Wildman–Crippen MR) is 100 cm³/mol. The van der Waals surface area contributed by atoms with Crippen molar-refractivity contribution < 1.29 is 19.4 Å². The molecule has 5 nitrogen and oxygen atoms in total. The van der Waals surface area contributed by atoms with Gasteiger partial charge in [-0.05, 0) is 44.0 Å². The molecule has 1 aliphatic carbocycles. The Morgan fingerprint density at radius 2 is 2.23 bits per heavy atom. The van der Waals surface area contributed by atoms with Crippen LogP contribution in [0.5, 0.6) is 0 Å². The molecule has 0 aromatic heterocycles. The van der Waals surface area contributed by atoms with Crippen LogP contribution in [0.2, 0.25) is 5.02 Å². The summed E-state index contributed by atoms with van der Waals surface area (Å²) in [5.74, 6) is 0.208. The number of rotatable bonds is 7. The number of amides is 1. The topological polar surface area (TPSA) is 66.8 Å². The van der Waals surface area contributed by atoms with Gasteiger partial charge in [0.1, 0.15) is 5.78 Å². The van der Waals surface area contributed by atoms with Gasteiger partial charge in [0.15, 0.2) is 5.60 Å². The third kappa shape index (κ3) is 3.69. The average Bonchev–Trinajstić information content (AvgIpc) is 2.80. The second kappa shape index (κ2) is 7.64. The molecule has 0 saturated carbocycles. The first-order valence-corrected chi connectivity index (χ1v) is 9.12. The standard InChI is InChI=1S/C20H22ClNO4/c1-14(23)13-20(25)17-12-15(21)8-9-18(17)22(19(20)24)10-5-11-26-16-6-3-2-4-7-16/h2-3,6,8-9,12,25H,4-5,7,10-11,13H2,1H3/t20-/m1/s1. The number of ether oxygens (including phenoxy) is 1. The zero-order valence-electron chi connectivity index (χ0n) is 14.7. The predicted octanol–water partition coefficient (Wildman–Crippen LogP) is 3.49. The number of benzene rings is 1. The van der Waals surface area contributed by atoms with E-state index < -0.39 is 11.5 Å². The van der Waals surface area contributed by atoms with Crippen LogP contribution in [0.3, 0.4) is 0 Å². The van der Waals surface area contributed by atoms with Crippen LogP contribution in [0, 0.1) is 0 Å². The summed E-state index contributed by atoms with van der Waals surface area (Å²) in [6, 6.07) is 4.95. The molecule has 0 spiro atoms. The zero-order chi connectivity index (χ0) is 18.7. The van der Waals surface area contributed by atoms with Crippen molar-refractivity contribution in [2.24, 2.45) is 0 Å². The number of hydrogen-bond acceptors (Lipinski definition) is 4. The van der Waals surface area contributed by atoms with Crippen molar-refractivity contribution in [3.8, 4) is 0 Å². The van der Waals surface area contributed by atoms with Crippen LogP contribution in [0.15, 0.2) is 42.2 Å². The maximum atomic E-state index is 12.8. The Bertz CT molecular complexity index is 786. The highest BCUT2D eigenvalue weighted by molar-refractivity contribution is 6.31. The minimum Gasteiger partial charge on any atom is -0.498 e. The molecule has 0 bridgehead atoms. The minimum atomic E-state index is -1.84. The van der Waals surface area contributed by atoms with Crippen molar-refractivity contribution in [1.82, 2.24) is 0 Å². The van der Waals surface area contributed by atoms with Crippen LogP contribution < -0.4 is 4.90 Å². The van der Waals surface area contributed by atoms with E-state index in [1.807, 2.05) is 12.2 Å². The number of anilines is 1. The number of ketones is 1. The first-order chi connectivity index (χ1) is 12.4.